The zero-order chi connectivity index (χ0) is 15.4. The summed E-state index contributed by atoms with van der Waals surface area (Å²) in [7, 11) is 0. The maximum Gasteiger partial charge on any atom is 0.261 e. The van der Waals surface area contributed by atoms with Crippen molar-refractivity contribution in [3.63, 3.8) is 0 Å². The Hall–Kier alpha value is -1.14. The SMILES string of the molecule is CC(Oc1ccc(F)cc1Br)C(=O)NC(C)C1CCCO1. The monoisotopic (exact) mass is 359 g/mol. The highest BCUT2D eigenvalue weighted by Gasteiger charge is 2.26. The Kier molecular flexibility index (Phi) is 5.58. The van der Waals surface area contributed by atoms with Crippen molar-refractivity contribution in [1.29, 1.82) is 0 Å². The minimum atomic E-state index is -0.671. The van der Waals surface area contributed by atoms with Gasteiger partial charge in [0.15, 0.2) is 6.10 Å². The van der Waals surface area contributed by atoms with E-state index in [0.29, 0.717) is 10.2 Å². The lowest BCUT2D eigenvalue weighted by Gasteiger charge is -2.22. The third-order valence-corrected chi connectivity index (χ3v) is 4.08. The van der Waals surface area contributed by atoms with Gasteiger partial charge in [-0.25, -0.2) is 4.39 Å². The Morgan fingerprint density at radius 1 is 1.52 bits per heavy atom. The minimum Gasteiger partial charge on any atom is -0.480 e. The molecule has 1 fully saturated rings. The van der Waals surface area contributed by atoms with Gasteiger partial charge < -0.3 is 14.8 Å². The summed E-state index contributed by atoms with van der Waals surface area (Å²) < 4.78 is 24.6. The van der Waals surface area contributed by atoms with Crippen molar-refractivity contribution in [2.24, 2.45) is 0 Å². The number of nitrogens with one attached hydrogen (secondary N) is 1. The number of carbonyl (C=O) groups is 1. The Bertz CT molecular complexity index is 506. The fourth-order valence-corrected chi connectivity index (χ4v) is 2.69. The van der Waals surface area contributed by atoms with Gasteiger partial charge in [0.05, 0.1) is 16.6 Å². The van der Waals surface area contributed by atoms with Crippen molar-refractivity contribution in [2.75, 3.05) is 6.61 Å². The standard InChI is InChI=1S/C15H19BrFNO3/c1-9(13-4-3-7-20-13)18-15(19)10(2)21-14-6-5-11(17)8-12(14)16/h5-6,8-10,13H,3-4,7H2,1-2H3,(H,18,19). The third-order valence-electron chi connectivity index (χ3n) is 3.46. The van der Waals surface area contributed by atoms with Crippen molar-refractivity contribution in [3.8, 4) is 5.75 Å². The van der Waals surface area contributed by atoms with Crippen LogP contribution in [0.3, 0.4) is 0 Å². The molecule has 1 amide bonds. The highest BCUT2D eigenvalue weighted by Crippen LogP contribution is 2.26. The molecule has 21 heavy (non-hydrogen) atoms. The molecule has 1 aliphatic heterocycles. The van der Waals surface area contributed by atoms with Gasteiger partial charge >= 0.3 is 0 Å². The first kappa shape index (κ1) is 16.2. The molecule has 1 aromatic rings. The van der Waals surface area contributed by atoms with Crippen LogP contribution in [0, 0.1) is 5.82 Å². The zero-order valence-corrected chi connectivity index (χ0v) is 13.7. The molecule has 1 aromatic carbocycles. The second-order valence-electron chi connectivity index (χ2n) is 5.18. The van der Waals surface area contributed by atoms with Crippen LogP contribution in [-0.2, 0) is 9.53 Å². The summed E-state index contributed by atoms with van der Waals surface area (Å²) in [6.07, 6.45) is 1.38. The van der Waals surface area contributed by atoms with E-state index >= 15 is 0 Å². The van der Waals surface area contributed by atoms with E-state index in [2.05, 4.69) is 21.2 Å². The Morgan fingerprint density at radius 3 is 2.90 bits per heavy atom. The average Bonchev–Trinajstić information content (AvgIpc) is 2.95. The highest BCUT2D eigenvalue weighted by molar-refractivity contribution is 9.10. The molecule has 1 saturated heterocycles. The molecule has 3 unspecified atom stereocenters. The highest BCUT2D eigenvalue weighted by atomic mass is 79.9. The summed E-state index contributed by atoms with van der Waals surface area (Å²) in [6.45, 7) is 4.33. The third kappa shape index (κ3) is 4.41. The van der Waals surface area contributed by atoms with Crippen LogP contribution in [-0.4, -0.2) is 30.8 Å². The molecule has 2 rings (SSSR count). The number of halogens is 2. The first-order valence-electron chi connectivity index (χ1n) is 7.01. The van der Waals surface area contributed by atoms with E-state index in [1.165, 1.54) is 18.2 Å². The molecule has 0 radical (unpaired) electrons. The lowest BCUT2D eigenvalue weighted by atomic mass is 10.1. The number of hydrogen-bond donors (Lipinski definition) is 1. The van der Waals surface area contributed by atoms with Crippen molar-refractivity contribution in [1.82, 2.24) is 5.32 Å². The summed E-state index contributed by atoms with van der Waals surface area (Å²) in [6, 6.07) is 4.03. The van der Waals surface area contributed by atoms with Gasteiger partial charge in [-0.15, -0.1) is 0 Å². The number of amides is 1. The van der Waals surface area contributed by atoms with Gasteiger partial charge in [0.2, 0.25) is 0 Å². The second-order valence-corrected chi connectivity index (χ2v) is 6.04. The lowest BCUT2D eigenvalue weighted by molar-refractivity contribution is -0.128. The molecule has 6 heteroatoms. The minimum absolute atomic E-state index is 0.0530. The topological polar surface area (TPSA) is 47.6 Å². The number of rotatable bonds is 5. The molecule has 1 aliphatic rings. The number of hydrogen-bond acceptors (Lipinski definition) is 3. The van der Waals surface area contributed by atoms with E-state index < -0.39 is 6.10 Å². The first-order valence-corrected chi connectivity index (χ1v) is 7.80. The molecular formula is C15H19BrFNO3. The lowest BCUT2D eigenvalue weighted by Crippen LogP contribution is -2.46. The fourth-order valence-electron chi connectivity index (χ4n) is 2.25. The predicted octanol–water partition coefficient (Wildman–Crippen LogP) is 3.04. The van der Waals surface area contributed by atoms with Crippen LogP contribution in [0.1, 0.15) is 26.7 Å². The fraction of sp³-hybridized carbons (Fsp3) is 0.533. The molecule has 3 atom stereocenters. The normalized spacial score (nSPS) is 20.9. The molecule has 1 heterocycles. The van der Waals surface area contributed by atoms with Gasteiger partial charge in [-0.1, -0.05) is 0 Å². The van der Waals surface area contributed by atoms with E-state index in [9.17, 15) is 9.18 Å². The van der Waals surface area contributed by atoms with Crippen LogP contribution in [0.4, 0.5) is 4.39 Å². The molecular weight excluding hydrogens is 341 g/mol. The van der Waals surface area contributed by atoms with E-state index in [1.54, 1.807) is 6.92 Å². The van der Waals surface area contributed by atoms with Gasteiger partial charge in [0.1, 0.15) is 11.6 Å². The van der Waals surface area contributed by atoms with E-state index in [4.69, 9.17) is 9.47 Å². The van der Waals surface area contributed by atoms with E-state index in [-0.39, 0.29) is 23.9 Å². The zero-order valence-electron chi connectivity index (χ0n) is 12.1. The van der Waals surface area contributed by atoms with Crippen molar-refractivity contribution in [2.45, 2.75) is 44.9 Å². The maximum absolute atomic E-state index is 13.0. The van der Waals surface area contributed by atoms with Crippen LogP contribution in [0.5, 0.6) is 5.75 Å². The summed E-state index contributed by atoms with van der Waals surface area (Å²) >= 11 is 3.21. The summed E-state index contributed by atoms with van der Waals surface area (Å²) in [5, 5.41) is 2.89. The molecule has 116 valence electrons. The van der Waals surface area contributed by atoms with Crippen LogP contribution in [0.25, 0.3) is 0 Å². The van der Waals surface area contributed by atoms with Crippen LogP contribution < -0.4 is 10.1 Å². The number of carbonyl (C=O) groups excluding carboxylic acids is 1. The molecule has 0 bridgehead atoms. The van der Waals surface area contributed by atoms with Gasteiger partial charge in [0, 0.05) is 6.61 Å². The van der Waals surface area contributed by atoms with Gasteiger partial charge in [-0.05, 0) is 60.8 Å². The summed E-state index contributed by atoms with van der Waals surface area (Å²) in [4.78, 5) is 12.1. The quantitative estimate of drug-likeness (QED) is 0.878. The van der Waals surface area contributed by atoms with E-state index in [0.717, 1.165) is 19.4 Å². The van der Waals surface area contributed by atoms with Crippen molar-refractivity contribution < 1.29 is 18.7 Å². The second kappa shape index (κ2) is 7.22. The molecule has 0 aliphatic carbocycles. The summed E-state index contributed by atoms with van der Waals surface area (Å²) in [5.74, 6) is -0.142. The molecule has 0 saturated carbocycles. The van der Waals surface area contributed by atoms with Crippen LogP contribution in [0.15, 0.2) is 22.7 Å². The van der Waals surface area contributed by atoms with Crippen molar-refractivity contribution in [3.05, 3.63) is 28.5 Å². The molecule has 0 aromatic heterocycles. The summed E-state index contributed by atoms with van der Waals surface area (Å²) in [5.41, 5.74) is 0. The smallest absolute Gasteiger partial charge is 0.261 e. The molecule has 0 spiro atoms. The van der Waals surface area contributed by atoms with Gasteiger partial charge in [0.25, 0.3) is 5.91 Å². The molecule has 1 N–H and O–H groups in total. The van der Waals surface area contributed by atoms with E-state index in [1.807, 2.05) is 6.92 Å². The Labute approximate surface area is 132 Å². The number of benzene rings is 1. The van der Waals surface area contributed by atoms with Crippen LogP contribution >= 0.6 is 15.9 Å². The number of ether oxygens (including phenoxy) is 2. The van der Waals surface area contributed by atoms with Crippen molar-refractivity contribution >= 4 is 21.8 Å². The Balaban J connectivity index is 1.89. The molecule has 4 nitrogen and oxygen atoms in total. The van der Waals surface area contributed by atoms with Crippen LogP contribution in [0.2, 0.25) is 0 Å². The Morgan fingerprint density at radius 2 is 2.29 bits per heavy atom. The van der Waals surface area contributed by atoms with Gasteiger partial charge in [-0.3, -0.25) is 4.79 Å². The first-order chi connectivity index (χ1) is 9.97. The largest absolute Gasteiger partial charge is 0.480 e. The average molecular weight is 360 g/mol. The maximum atomic E-state index is 13.0. The van der Waals surface area contributed by atoms with Gasteiger partial charge in [-0.2, -0.15) is 0 Å². The predicted molar refractivity (Wildman–Crippen MR) is 80.8 cm³/mol.